The van der Waals surface area contributed by atoms with Gasteiger partial charge in [-0.3, -0.25) is 10.1 Å². The molecule has 2 heterocycles. The van der Waals surface area contributed by atoms with Gasteiger partial charge in [0.2, 0.25) is 0 Å². The Morgan fingerprint density at radius 3 is 3.00 bits per heavy atom. The Morgan fingerprint density at radius 1 is 1.33 bits per heavy atom. The molecule has 0 fully saturated rings. The van der Waals surface area contributed by atoms with Gasteiger partial charge in [0.15, 0.2) is 5.65 Å². The molecule has 0 amide bonds. The number of nitrogens with one attached hydrogen (secondary N) is 1. The fourth-order valence-electron chi connectivity index (χ4n) is 1.79. The van der Waals surface area contributed by atoms with E-state index in [1.807, 2.05) is 6.07 Å². The van der Waals surface area contributed by atoms with Crippen molar-refractivity contribution in [3.05, 3.63) is 51.0 Å². The highest BCUT2D eigenvalue weighted by Gasteiger charge is 2.13. The molecule has 21 heavy (non-hydrogen) atoms. The van der Waals surface area contributed by atoms with Gasteiger partial charge in [-0.15, -0.1) is 0 Å². The monoisotopic (exact) mass is 365 g/mol. The van der Waals surface area contributed by atoms with E-state index in [9.17, 15) is 10.1 Å². The van der Waals surface area contributed by atoms with Gasteiger partial charge in [0.25, 0.3) is 5.69 Å². The highest BCUT2D eigenvalue weighted by atomic mass is 79.9. The lowest BCUT2D eigenvalue weighted by Crippen LogP contribution is -1.92. The fourth-order valence-corrected chi connectivity index (χ4v) is 3.08. The summed E-state index contributed by atoms with van der Waals surface area (Å²) in [6, 6.07) is 5.08. The quantitative estimate of drug-likeness (QED) is 0.329. The van der Waals surface area contributed by atoms with Crippen molar-refractivity contribution in [2.24, 2.45) is 0 Å². The molecule has 0 aliphatic rings. The van der Waals surface area contributed by atoms with Crippen LogP contribution in [0, 0.1) is 10.1 Å². The van der Waals surface area contributed by atoms with E-state index in [1.165, 1.54) is 18.1 Å². The Morgan fingerprint density at radius 2 is 2.19 bits per heavy atom. The zero-order valence-corrected chi connectivity index (χ0v) is 12.9. The standard InChI is InChI=1S/C12H8BrN5O2S/c13-8-2-1-7(3-9(8)18(19)20)4-21-12-10-11(15-5-14-10)16-6-17-12/h1-3,5-6H,4H2,(H,14,15,16,17). The molecular weight excluding hydrogens is 358 g/mol. The molecule has 1 aromatic carbocycles. The second kappa shape index (κ2) is 5.78. The molecule has 0 bridgehead atoms. The van der Waals surface area contributed by atoms with E-state index in [-0.39, 0.29) is 5.69 Å². The van der Waals surface area contributed by atoms with Gasteiger partial charge in [0, 0.05) is 11.8 Å². The van der Waals surface area contributed by atoms with Crippen molar-refractivity contribution in [2.45, 2.75) is 10.8 Å². The predicted molar refractivity (Wildman–Crippen MR) is 82.0 cm³/mol. The summed E-state index contributed by atoms with van der Waals surface area (Å²) >= 11 is 4.65. The summed E-state index contributed by atoms with van der Waals surface area (Å²) in [4.78, 5) is 25.8. The lowest BCUT2D eigenvalue weighted by atomic mass is 10.2. The number of fused-ring (bicyclic) bond motifs is 1. The summed E-state index contributed by atoms with van der Waals surface area (Å²) in [6.45, 7) is 0. The number of aromatic amines is 1. The smallest absolute Gasteiger partial charge is 0.283 e. The molecule has 0 aliphatic heterocycles. The highest BCUT2D eigenvalue weighted by Crippen LogP contribution is 2.30. The maximum atomic E-state index is 10.9. The van der Waals surface area contributed by atoms with Crippen molar-refractivity contribution >= 4 is 44.5 Å². The molecule has 0 aliphatic carbocycles. The number of hydrogen-bond acceptors (Lipinski definition) is 6. The van der Waals surface area contributed by atoms with Crippen LogP contribution in [0.1, 0.15) is 5.56 Å². The summed E-state index contributed by atoms with van der Waals surface area (Å²) < 4.78 is 0.472. The molecule has 9 heteroatoms. The average Bonchev–Trinajstić information content (AvgIpc) is 2.95. The molecule has 3 rings (SSSR count). The van der Waals surface area contributed by atoms with Crippen LogP contribution < -0.4 is 0 Å². The number of imidazole rings is 1. The predicted octanol–water partition coefficient (Wildman–Crippen LogP) is 3.32. The third-order valence-electron chi connectivity index (χ3n) is 2.77. The van der Waals surface area contributed by atoms with Crippen LogP contribution in [0.25, 0.3) is 11.2 Å². The fraction of sp³-hybridized carbons (Fsp3) is 0.0833. The molecule has 0 saturated carbocycles. The van der Waals surface area contributed by atoms with E-state index in [0.717, 1.165) is 16.1 Å². The van der Waals surface area contributed by atoms with E-state index < -0.39 is 4.92 Å². The normalized spacial score (nSPS) is 10.9. The first-order chi connectivity index (χ1) is 10.1. The van der Waals surface area contributed by atoms with Crippen LogP contribution in [0.2, 0.25) is 0 Å². The molecule has 0 radical (unpaired) electrons. The minimum atomic E-state index is -0.407. The van der Waals surface area contributed by atoms with Crippen molar-refractivity contribution in [3.63, 3.8) is 0 Å². The molecule has 0 spiro atoms. The third kappa shape index (κ3) is 2.88. The zero-order chi connectivity index (χ0) is 14.8. The van der Waals surface area contributed by atoms with Crippen molar-refractivity contribution in [3.8, 4) is 0 Å². The van der Waals surface area contributed by atoms with E-state index in [2.05, 4.69) is 35.9 Å². The van der Waals surface area contributed by atoms with E-state index in [4.69, 9.17) is 0 Å². The summed E-state index contributed by atoms with van der Waals surface area (Å²) in [5.41, 5.74) is 2.28. The number of H-pyrrole nitrogens is 1. The summed E-state index contributed by atoms with van der Waals surface area (Å²) in [5.74, 6) is 0.569. The molecule has 106 valence electrons. The molecule has 7 nitrogen and oxygen atoms in total. The van der Waals surface area contributed by atoms with Crippen LogP contribution in [0.5, 0.6) is 0 Å². The first-order valence-electron chi connectivity index (χ1n) is 5.85. The largest absolute Gasteiger partial charge is 0.341 e. The number of halogens is 1. The summed E-state index contributed by atoms with van der Waals surface area (Å²) in [7, 11) is 0. The first kappa shape index (κ1) is 14.0. The van der Waals surface area contributed by atoms with Crippen molar-refractivity contribution in [1.29, 1.82) is 0 Å². The van der Waals surface area contributed by atoms with Crippen LogP contribution in [0.4, 0.5) is 5.69 Å². The maximum absolute atomic E-state index is 10.9. The van der Waals surface area contributed by atoms with E-state index in [1.54, 1.807) is 18.5 Å². The van der Waals surface area contributed by atoms with Gasteiger partial charge in [-0.1, -0.05) is 17.8 Å². The van der Waals surface area contributed by atoms with Crippen molar-refractivity contribution in [2.75, 3.05) is 0 Å². The van der Waals surface area contributed by atoms with Crippen LogP contribution >= 0.6 is 27.7 Å². The van der Waals surface area contributed by atoms with Gasteiger partial charge >= 0.3 is 0 Å². The first-order valence-corrected chi connectivity index (χ1v) is 7.62. The number of rotatable bonds is 4. The van der Waals surface area contributed by atoms with Crippen LogP contribution in [-0.4, -0.2) is 24.9 Å². The Balaban J connectivity index is 1.83. The van der Waals surface area contributed by atoms with Crippen LogP contribution in [0.15, 0.2) is 40.4 Å². The Hall–Kier alpha value is -2.00. The molecule has 1 N–H and O–H groups in total. The number of nitro groups is 1. The van der Waals surface area contributed by atoms with E-state index in [0.29, 0.717) is 15.9 Å². The number of thioether (sulfide) groups is 1. The lowest BCUT2D eigenvalue weighted by molar-refractivity contribution is -0.385. The molecule has 2 aromatic heterocycles. The van der Waals surface area contributed by atoms with Gasteiger partial charge < -0.3 is 4.98 Å². The second-order valence-corrected chi connectivity index (χ2v) is 5.93. The minimum absolute atomic E-state index is 0.0578. The molecule has 3 aromatic rings. The topological polar surface area (TPSA) is 97.6 Å². The zero-order valence-electron chi connectivity index (χ0n) is 10.5. The number of nitrogens with zero attached hydrogens (tertiary/aromatic N) is 4. The number of hydrogen-bond donors (Lipinski definition) is 1. The van der Waals surface area contributed by atoms with Crippen molar-refractivity contribution < 1.29 is 4.92 Å². The minimum Gasteiger partial charge on any atom is -0.341 e. The van der Waals surface area contributed by atoms with Gasteiger partial charge in [0.05, 0.1) is 15.7 Å². The van der Waals surface area contributed by atoms with Gasteiger partial charge in [-0.25, -0.2) is 15.0 Å². The summed E-state index contributed by atoms with van der Waals surface area (Å²) in [6.07, 6.45) is 3.02. The second-order valence-electron chi connectivity index (χ2n) is 4.11. The third-order valence-corrected chi connectivity index (χ3v) is 4.50. The van der Waals surface area contributed by atoms with Crippen LogP contribution in [0.3, 0.4) is 0 Å². The highest BCUT2D eigenvalue weighted by molar-refractivity contribution is 9.10. The van der Waals surface area contributed by atoms with E-state index >= 15 is 0 Å². The summed E-state index contributed by atoms with van der Waals surface area (Å²) in [5, 5.41) is 11.7. The molecule has 0 unspecified atom stereocenters. The molecular formula is C12H8BrN5O2S. The van der Waals surface area contributed by atoms with Gasteiger partial charge in [0.1, 0.15) is 16.9 Å². The molecule has 0 atom stereocenters. The van der Waals surface area contributed by atoms with Gasteiger partial charge in [-0.2, -0.15) is 0 Å². The lowest BCUT2D eigenvalue weighted by Gasteiger charge is -2.03. The molecule has 0 saturated heterocycles. The number of benzene rings is 1. The number of nitro benzene ring substituents is 1. The Bertz CT molecular complexity index is 822. The van der Waals surface area contributed by atoms with Gasteiger partial charge in [-0.05, 0) is 27.6 Å². The van der Waals surface area contributed by atoms with Crippen LogP contribution in [-0.2, 0) is 5.75 Å². The Labute approximate surface area is 131 Å². The number of aromatic nitrogens is 4. The van der Waals surface area contributed by atoms with Crippen molar-refractivity contribution in [1.82, 2.24) is 19.9 Å². The SMILES string of the molecule is O=[N+]([O-])c1cc(CSc2ncnc3nc[nH]c23)ccc1Br. The maximum Gasteiger partial charge on any atom is 0.283 e. The average molecular weight is 366 g/mol. The Kier molecular flexibility index (Phi) is 3.84.